The highest BCUT2D eigenvalue weighted by Crippen LogP contribution is 2.26. The molecule has 0 aliphatic heterocycles. The minimum atomic E-state index is -3.54. The van der Waals surface area contributed by atoms with Gasteiger partial charge in [-0.05, 0) is 18.7 Å². The van der Waals surface area contributed by atoms with E-state index in [9.17, 15) is 8.42 Å². The van der Waals surface area contributed by atoms with E-state index in [1.807, 2.05) is 31.2 Å². The molecule has 0 saturated heterocycles. The Balaban J connectivity index is 0.00000242. The second-order valence-electron chi connectivity index (χ2n) is 4.25. The smallest absolute Gasteiger partial charge is 0.258 e. The predicted octanol–water partition coefficient (Wildman–Crippen LogP) is 2.88. The molecule has 5 nitrogen and oxygen atoms in total. The first kappa shape index (κ1) is 19.5. The first-order valence-electron chi connectivity index (χ1n) is 6.45. The first-order valence-corrected chi connectivity index (χ1v) is 9.60. The summed E-state index contributed by atoms with van der Waals surface area (Å²) in [6, 6.07) is 7.61. The maximum Gasteiger partial charge on any atom is 0.258 e. The van der Waals surface area contributed by atoms with Crippen molar-refractivity contribution in [1.82, 2.24) is 15.0 Å². The van der Waals surface area contributed by atoms with E-state index in [1.54, 1.807) is 5.38 Å². The summed E-state index contributed by atoms with van der Waals surface area (Å²) in [5.41, 5.74) is 0.900. The van der Waals surface area contributed by atoms with Crippen molar-refractivity contribution >= 4 is 49.7 Å². The number of rotatable bonds is 7. The molecule has 0 fully saturated rings. The Morgan fingerprint density at radius 2 is 1.91 bits per heavy atom. The molecule has 1 aromatic carbocycles. The van der Waals surface area contributed by atoms with Gasteiger partial charge in [0.05, 0.1) is 0 Å². The molecule has 0 amide bonds. The summed E-state index contributed by atoms with van der Waals surface area (Å²) in [7, 11) is -3.54. The molecule has 0 radical (unpaired) electrons. The zero-order valence-electron chi connectivity index (χ0n) is 11.9. The highest BCUT2D eigenvalue weighted by atomic mass is 79.9. The van der Waals surface area contributed by atoms with E-state index in [-0.39, 0.29) is 17.4 Å². The van der Waals surface area contributed by atoms with Gasteiger partial charge in [-0.2, -0.15) is 0 Å². The molecule has 1 aromatic heterocycles. The predicted molar refractivity (Wildman–Crippen MR) is 96.2 cm³/mol. The highest BCUT2D eigenvalue weighted by Gasteiger charge is 2.18. The molecule has 0 bridgehead atoms. The zero-order chi connectivity index (χ0) is 15.3. The minimum Gasteiger partial charge on any atom is -0.316 e. The number of hydrogen-bond acceptors (Lipinski definition) is 5. The number of benzene rings is 1. The molecule has 2 rings (SSSR count). The van der Waals surface area contributed by atoms with Crippen LogP contribution in [0, 0.1) is 0 Å². The van der Waals surface area contributed by atoms with Crippen LogP contribution >= 0.6 is 39.7 Å². The summed E-state index contributed by atoms with van der Waals surface area (Å²) >= 11 is 4.69. The van der Waals surface area contributed by atoms with Crippen LogP contribution in [0.5, 0.6) is 0 Å². The van der Waals surface area contributed by atoms with Crippen molar-refractivity contribution in [2.24, 2.45) is 0 Å². The van der Waals surface area contributed by atoms with Crippen LogP contribution in [0.25, 0.3) is 10.6 Å². The number of halogens is 2. The number of sulfonamides is 1. The average Bonchev–Trinajstić information content (AvgIpc) is 2.95. The normalized spacial score (nSPS) is 11.2. The van der Waals surface area contributed by atoms with Gasteiger partial charge in [-0.3, -0.25) is 0 Å². The van der Waals surface area contributed by atoms with E-state index in [0.717, 1.165) is 16.6 Å². The van der Waals surface area contributed by atoms with Crippen LogP contribution in [-0.4, -0.2) is 33.0 Å². The second kappa shape index (κ2) is 8.95. The molecule has 2 N–H and O–H groups in total. The van der Waals surface area contributed by atoms with Crippen molar-refractivity contribution in [3.8, 4) is 10.6 Å². The summed E-state index contributed by atoms with van der Waals surface area (Å²) in [6.07, 6.45) is 0. The van der Waals surface area contributed by atoms with E-state index >= 15 is 0 Å². The van der Waals surface area contributed by atoms with Gasteiger partial charge in [-0.15, -0.1) is 23.7 Å². The van der Waals surface area contributed by atoms with Crippen LogP contribution in [0.3, 0.4) is 0 Å². The fraction of sp³-hybridized carbons (Fsp3) is 0.308. The lowest BCUT2D eigenvalue weighted by Gasteiger charge is -2.04. The maximum absolute atomic E-state index is 12.1. The van der Waals surface area contributed by atoms with Gasteiger partial charge >= 0.3 is 0 Å². The van der Waals surface area contributed by atoms with Crippen LogP contribution in [0.1, 0.15) is 6.92 Å². The SMILES string of the molecule is CCNCCNS(=O)(=O)c1csc(-c2ccc(Br)cc2)n1.Cl. The maximum atomic E-state index is 12.1. The topological polar surface area (TPSA) is 71.1 Å². The molecule has 22 heavy (non-hydrogen) atoms. The van der Waals surface area contributed by atoms with E-state index in [0.29, 0.717) is 18.1 Å². The molecule has 0 saturated carbocycles. The van der Waals surface area contributed by atoms with E-state index < -0.39 is 10.0 Å². The standard InChI is InChI=1S/C13H16BrN3O2S2.ClH/c1-2-15-7-8-16-21(18,19)12-9-20-13(17-12)10-3-5-11(14)6-4-10;/h3-6,9,15-16H,2,7-8H2,1H3;1H. The molecule has 122 valence electrons. The van der Waals surface area contributed by atoms with Crippen molar-refractivity contribution in [3.05, 3.63) is 34.1 Å². The van der Waals surface area contributed by atoms with Gasteiger partial charge in [0.2, 0.25) is 0 Å². The van der Waals surface area contributed by atoms with Crippen molar-refractivity contribution in [1.29, 1.82) is 0 Å². The van der Waals surface area contributed by atoms with Crippen molar-refractivity contribution in [2.75, 3.05) is 19.6 Å². The number of thiazole rings is 1. The third kappa shape index (κ3) is 5.29. The van der Waals surface area contributed by atoms with Gasteiger partial charge in [0.25, 0.3) is 10.0 Å². The molecule has 1 heterocycles. The second-order valence-corrected chi connectivity index (χ2v) is 7.74. The molecular weight excluding hydrogens is 410 g/mol. The monoisotopic (exact) mass is 425 g/mol. The Hall–Kier alpha value is -0.510. The van der Waals surface area contributed by atoms with Crippen molar-refractivity contribution in [3.63, 3.8) is 0 Å². The summed E-state index contributed by atoms with van der Waals surface area (Å²) < 4.78 is 27.7. The Morgan fingerprint density at radius 1 is 1.23 bits per heavy atom. The number of aromatic nitrogens is 1. The average molecular weight is 427 g/mol. The van der Waals surface area contributed by atoms with E-state index in [4.69, 9.17) is 0 Å². The molecule has 2 aromatic rings. The lowest BCUT2D eigenvalue weighted by molar-refractivity contribution is 0.574. The number of nitrogens with zero attached hydrogens (tertiary/aromatic N) is 1. The van der Waals surface area contributed by atoms with Crippen LogP contribution in [0.2, 0.25) is 0 Å². The number of likely N-dealkylation sites (N-methyl/N-ethyl adjacent to an activating group) is 1. The van der Waals surface area contributed by atoms with Gasteiger partial charge in [-0.25, -0.2) is 18.1 Å². The summed E-state index contributed by atoms with van der Waals surface area (Å²) in [6.45, 7) is 3.73. The van der Waals surface area contributed by atoms with Crippen LogP contribution < -0.4 is 10.0 Å². The Kier molecular flexibility index (Phi) is 7.95. The highest BCUT2D eigenvalue weighted by molar-refractivity contribution is 9.10. The van der Waals surface area contributed by atoms with Crippen molar-refractivity contribution in [2.45, 2.75) is 11.9 Å². The van der Waals surface area contributed by atoms with Crippen molar-refractivity contribution < 1.29 is 8.42 Å². The number of nitrogens with one attached hydrogen (secondary N) is 2. The van der Waals surface area contributed by atoms with Crippen LogP contribution in [0.4, 0.5) is 0 Å². The Bertz CT molecular complexity index is 690. The van der Waals surface area contributed by atoms with Gasteiger partial charge in [0.15, 0.2) is 5.03 Å². The van der Waals surface area contributed by atoms with E-state index in [1.165, 1.54) is 11.3 Å². The number of hydrogen-bond donors (Lipinski definition) is 2. The van der Waals surface area contributed by atoms with Gasteiger partial charge in [0.1, 0.15) is 5.01 Å². The molecule has 0 aliphatic rings. The lowest BCUT2D eigenvalue weighted by atomic mass is 10.2. The molecule has 0 unspecified atom stereocenters. The molecule has 0 aliphatic carbocycles. The largest absolute Gasteiger partial charge is 0.316 e. The van der Waals surface area contributed by atoms with Crippen LogP contribution in [0.15, 0.2) is 39.1 Å². The van der Waals surface area contributed by atoms with Gasteiger partial charge in [0, 0.05) is 28.5 Å². The molecule has 0 spiro atoms. The quantitative estimate of drug-likeness (QED) is 0.668. The fourth-order valence-corrected chi connectivity index (χ4v) is 4.02. The third-order valence-electron chi connectivity index (χ3n) is 2.69. The summed E-state index contributed by atoms with van der Waals surface area (Å²) in [5.74, 6) is 0. The lowest BCUT2D eigenvalue weighted by Crippen LogP contribution is -2.31. The summed E-state index contributed by atoms with van der Waals surface area (Å²) in [4.78, 5) is 4.21. The van der Waals surface area contributed by atoms with Crippen LogP contribution in [-0.2, 0) is 10.0 Å². The molecule has 9 heteroatoms. The minimum absolute atomic E-state index is 0. The fourth-order valence-electron chi connectivity index (χ4n) is 1.63. The van der Waals surface area contributed by atoms with E-state index in [2.05, 4.69) is 31.0 Å². The third-order valence-corrected chi connectivity index (χ3v) is 5.61. The van der Waals surface area contributed by atoms with Gasteiger partial charge in [-0.1, -0.05) is 35.0 Å². The molecular formula is C13H17BrClN3O2S2. The molecule has 0 atom stereocenters. The summed E-state index contributed by atoms with van der Waals surface area (Å²) in [5, 5.41) is 5.38. The zero-order valence-corrected chi connectivity index (χ0v) is 15.9. The first-order chi connectivity index (χ1) is 10.0. The Morgan fingerprint density at radius 3 is 2.55 bits per heavy atom. The Labute approximate surface area is 149 Å². The van der Waals surface area contributed by atoms with Gasteiger partial charge < -0.3 is 5.32 Å².